The Kier molecular flexibility index (Phi) is 3.78. The van der Waals surface area contributed by atoms with Crippen LogP contribution in [0.1, 0.15) is 49.4 Å². The number of aromatic nitrogens is 3. The van der Waals surface area contributed by atoms with E-state index < -0.39 is 0 Å². The van der Waals surface area contributed by atoms with Crippen LogP contribution in [0.25, 0.3) is 0 Å². The van der Waals surface area contributed by atoms with Crippen molar-refractivity contribution in [1.29, 1.82) is 0 Å². The van der Waals surface area contributed by atoms with E-state index >= 15 is 0 Å². The summed E-state index contributed by atoms with van der Waals surface area (Å²) in [5, 5.41) is 7.00. The second-order valence-corrected chi connectivity index (χ2v) is 6.18. The summed E-state index contributed by atoms with van der Waals surface area (Å²) in [4.78, 5) is 22.9. The van der Waals surface area contributed by atoms with Gasteiger partial charge in [0.2, 0.25) is 11.8 Å². The minimum Gasteiger partial charge on any atom is -0.339 e. The van der Waals surface area contributed by atoms with Gasteiger partial charge in [-0.2, -0.15) is 4.98 Å². The smallest absolute Gasteiger partial charge is 0.238 e. The van der Waals surface area contributed by atoms with E-state index in [1.54, 1.807) is 18.5 Å². The Hall–Kier alpha value is -2.28. The Bertz CT molecular complexity index is 683. The van der Waals surface area contributed by atoms with E-state index in [0.717, 1.165) is 43.9 Å². The summed E-state index contributed by atoms with van der Waals surface area (Å²) >= 11 is 0. The molecule has 1 N–H and O–H groups in total. The highest BCUT2D eigenvalue weighted by atomic mass is 16.5. The van der Waals surface area contributed by atoms with Crippen molar-refractivity contribution in [1.82, 2.24) is 20.0 Å². The summed E-state index contributed by atoms with van der Waals surface area (Å²) < 4.78 is 5.35. The maximum absolute atomic E-state index is 12.2. The molecule has 120 valence electrons. The zero-order valence-corrected chi connectivity index (χ0v) is 12.8. The Morgan fingerprint density at radius 2 is 2.30 bits per heavy atom. The lowest BCUT2D eigenvalue weighted by molar-refractivity contribution is -0.117. The molecule has 3 heterocycles. The molecule has 4 rings (SSSR count). The number of rotatable bonds is 5. The van der Waals surface area contributed by atoms with Crippen LogP contribution in [0.15, 0.2) is 29.0 Å². The molecule has 1 aliphatic heterocycles. The molecule has 1 aliphatic carbocycles. The number of hydrogen-bond acceptors (Lipinski definition) is 6. The first kappa shape index (κ1) is 14.3. The lowest BCUT2D eigenvalue weighted by Gasteiger charge is -2.21. The van der Waals surface area contributed by atoms with E-state index in [9.17, 15) is 4.79 Å². The summed E-state index contributed by atoms with van der Waals surface area (Å²) in [6.07, 6.45) is 7.61. The van der Waals surface area contributed by atoms with Crippen LogP contribution in [0.4, 0.5) is 5.69 Å². The van der Waals surface area contributed by atoms with Gasteiger partial charge in [0.05, 0.1) is 24.5 Å². The van der Waals surface area contributed by atoms with Crippen molar-refractivity contribution in [3.05, 3.63) is 36.2 Å². The lowest BCUT2D eigenvalue weighted by atomic mass is 10.2. The fourth-order valence-electron chi connectivity index (χ4n) is 3.01. The lowest BCUT2D eigenvalue weighted by Crippen LogP contribution is -2.33. The molecule has 7 heteroatoms. The van der Waals surface area contributed by atoms with Crippen molar-refractivity contribution in [3.8, 4) is 0 Å². The number of likely N-dealkylation sites (tertiary alicyclic amines) is 1. The van der Waals surface area contributed by atoms with Crippen LogP contribution in [0.2, 0.25) is 0 Å². The third kappa shape index (κ3) is 3.24. The van der Waals surface area contributed by atoms with Crippen molar-refractivity contribution >= 4 is 11.6 Å². The predicted molar refractivity (Wildman–Crippen MR) is 82.7 cm³/mol. The molecule has 7 nitrogen and oxygen atoms in total. The highest BCUT2D eigenvalue weighted by molar-refractivity contribution is 5.92. The average molecular weight is 313 g/mol. The van der Waals surface area contributed by atoms with Gasteiger partial charge in [0.1, 0.15) is 0 Å². The molecule has 2 aliphatic rings. The van der Waals surface area contributed by atoms with Gasteiger partial charge in [-0.1, -0.05) is 5.16 Å². The maximum atomic E-state index is 12.2. The van der Waals surface area contributed by atoms with Gasteiger partial charge < -0.3 is 9.84 Å². The minimum absolute atomic E-state index is 0.0455. The molecule has 0 radical (unpaired) electrons. The fourth-order valence-corrected chi connectivity index (χ4v) is 3.01. The van der Waals surface area contributed by atoms with Crippen LogP contribution in [0.3, 0.4) is 0 Å². The number of nitrogens with zero attached hydrogens (tertiary/aromatic N) is 4. The monoisotopic (exact) mass is 313 g/mol. The molecule has 0 bridgehead atoms. The number of amides is 1. The molecule has 23 heavy (non-hydrogen) atoms. The second kappa shape index (κ2) is 6.08. The summed E-state index contributed by atoms with van der Waals surface area (Å²) in [7, 11) is 0. The highest BCUT2D eigenvalue weighted by Crippen LogP contribution is 2.40. The van der Waals surface area contributed by atoms with Crippen molar-refractivity contribution in [2.24, 2.45) is 0 Å². The SMILES string of the molecule is O=C(CN1CCC[C@@H]1c1noc(C2CC2)n1)Nc1cccnc1. The van der Waals surface area contributed by atoms with Crippen LogP contribution >= 0.6 is 0 Å². The standard InChI is InChI=1S/C16H19N5O2/c22-14(18-12-3-1-7-17-9-12)10-21-8-2-4-13(21)15-19-16(23-20-15)11-5-6-11/h1,3,7,9,11,13H,2,4-6,8,10H2,(H,18,22)/t13-/m1/s1. The highest BCUT2D eigenvalue weighted by Gasteiger charge is 2.34. The maximum Gasteiger partial charge on any atom is 0.238 e. The first-order valence-corrected chi connectivity index (χ1v) is 8.07. The summed E-state index contributed by atoms with van der Waals surface area (Å²) in [5.41, 5.74) is 0.712. The Morgan fingerprint density at radius 3 is 3.09 bits per heavy atom. The van der Waals surface area contributed by atoms with Gasteiger partial charge in [-0.15, -0.1) is 0 Å². The normalized spacial score (nSPS) is 21.5. The van der Waals surface area contributed by atoms with Crippen LogP contribution in [0, 0.1) is 0 Å². The van der Waals surface area contributed by atoms with Crippen molar-refractivity contribution in [2.45, 2.75) is 37.6 Å². The summed E-state index contributed by atoms with van der Waals surface area (Å²) in [5.74, 6) is 1.89. The van der Waals surface area contributed by atoms with E-state index in [2.05, 4.69) is 25.3 Å². The van der Waals surface area contributed by atoms with Gasteiger partial charge in [-0.05, 0) is 44.4 Å². The largest absolute Gasteiger partial charge is 0.339 e. The quantitative estimate of drug-likeness (QED) is 0.910. The molecule has 1 atom stereocenters. The second-order valence-electron chi connectivity index (χ2n) is 6.18. The van der Waals surface area contributed by atoms with Gasteiger partial charge in [0, 0.05) is 12.1 Å². The Labute approximate surface area is 134 Å². The molecule has 0 unspecified atom stereocenters. The van der Waals surface area contributed by atoms with Crippen molar-refractivity contribution in [2.75, 3.05) is 18.4 Å². The zero-order valence-electron chi connectivity index (χ0n) is 12.8. The van der Waals surface area contributed by atoms with Crippen molar-refractivity contribution in [3.63, 3.8) is 0 Å². The first-order chi connectivity index (χ1) is 11.3. The number of nitrogens with one attached hydrogen (secondary N) is 1. The Balaban J connectivity index is 1.39. The summed E-state index contributed by atoms with van der Waals surface area (Å²) in [6, 6.07) is 3.70. The van der Waals surface area contributed by atoms with Crippen LogP contribution in [0.5, 0.6) is 0 Å². The summed E-state index contributed by atoms with van der Waals surface area (Å²) in [6.45, 7) is 1.20. The molecule has 0 aromatic carbocycles. The van der Waals surface area contributed by atoms with Crippen LogP contribution in [-0.2, 0) is 4.79 Å². The predicted octanol–water partition coefficient (Wildman–Crippen LogP) is 2.12. The number of carbonyl (C=O) groups is 1. The molecule has 1 saturated carbocycles. The molecule has 2 aromatic rings. The van der Waals surface area contributed by atoms with Gasteiger partial charge in [0.15, 0.2) is 5.82 Å². The van der Waals surface area contributed by atoms with E-state index in [-0.39, 0.29) is 11.9 Å². The molecular formula is C16H19N5O2. The van der Waals surface area contributed by atoms with E-state index in [1.807, 2.05) is 6.07 Å². The van der Waals surface area contributed by atoms with Gasteiger partial charge >= 0.3 is 0 Å². The van der Waals surface area contributed by atoms with Crippen LogP contribution < -0.4 is 5.32 Å². The third-order valence-corrected chi connectivity index (χ3v) is 4.34. The zero-order chi connectivity index (χ0) is 15.6. The van der Waals surface area contributed by atoms with Crippen LogP contribution in [-0.4, -0.2) is 39.0 Å². The van der Waals surface area contributed by atoms with Gasteiger partial charge in [0.25, 0.3) is 0 Å². The molecule has 1 saturated heterocycles. The number of anilines is 1. The molecule has 1 amide bonds. The van der Waals surface area contributed by atoms with E-state index in [1.165, 1.54) is 0 Å². The van der Waals surface area contributed by atoms with Gasteiger partial charge in [-0.25, -0.2) is 0 Å². The fraction of sp³-hybridized carbons (Fsp3) is 0.500. The topological polar surface area (TPSA) is 84.2 Å². The van der Waals surface area contributed by atoms with E-state index in [0.29, 0.717) is 18.2 Å². The Morgan fingerprint density at radius 1 is 1.39 bits per heavy atom. The molecule has 2 aromatic heterocycles. The van der Waals surface area contributed by atoms with Crippen molar-refractivity contribution < 1.29 is 9.32 Å². The molecule has 0 spiro atoms. The minimum atomic E-state index is -0.0455. The third-order valence-electron chi connectivity index (χ3n) is 4.34. The van der Waals surface area contributed by atoms with Gasteiger partial charge in [-0.3, -0.25) is 14.7 Å². The number of pyridine rings is 1. The molecule has 2 fully saturated rings. The number of carbonyl (C=O) groups excluding carboxylic acids is 1. The number of hydrogen-bond donors (Lipinski definition) is 1. The molecular weight excluding hydrogens is 294 g/mol. The first-order valence-electron chi connectivity index (χ1n) is 8.07. The average Bonchev–Trinajstić information content (AvgIpc) is 3.11. The van der Waals surface area contributed by atoms with E-state index in [4.69, 9.17) is 4.52 Å².